The first-order valence-corrected chi connectivity index (χ1v) is 5.40. The highest BCUT2D eigenvalue weighted by Crippen LogP contribution is 2.15. The molecule has 6 heteroatoms. The van der Waals surface area contributed by atoms with Crippen molar-refractivity contribution in [3.8, 4) is 0 Å². The van der Waals surface area contributed by atoms with Crippen LogP contribution >= 0.6 is 11.6 Å². The predicted octanol–water partition coefficient (Wildman–Crippen LogP) is 1.93. The molecule has 1 aromatic carbocycles. The van der Waals surface area contributed by atoms with Gasteiger partial charge in [-0.2, -0.15) is 0 Å². The van der Waals surface area contributed by atoms with Crippen LogP contribution in [0.5, 0.6) is 0 Å². The molecule has 1 rings (SSSR count). The molecular weight excluding hydrogens is 222 g/mol. The molecular formula is C7H5ClF2O2S. The first-order chi connectivity index (χ1) is 5.97. The van der Waals surface area contributed by atoms with Crippen molar-refractivity contribution in [1.82, 2.24) is 0 Å². The highest BCUT2D eigenvalue weighted by Gasteiger charge is 2.14. The van der Waals surface area contributed by atoms with Crippen molar-refractivity contribution in [1.29, 1.82) is 0 Å². The van der Waals surface area contributed by atoms with E-state index in [9.17, 15) is 17.2 Å². The molecule has 0 aliphatic carbocycles. The first kappa shape index (κ1) is 10.4. The molecule has 0 unspecified atom stereocenters. The van der Waals surface area contributed by atoms with Crippen LogP contribution in [0.4, 0.5) is 8.78 Å². The minimum Gasteiger partial charge on any atom is -0.222 e. The normalized spacial score (nSPS) is 11.6. The van der Waals surface area contributed by atoms with Crippen molar-refractivity contribution in [3.05, 3.63) is 29.8 Å². The van der Waals surface area contributed by atoms with Crippen LogP contribution in [0.2, 0.25) is 0 Å². The maximum absolute atomic E-state index is 12.6. The fraction of sp³-hybridized carbons (Fsp3) is 0.143. The summed E-state index contributed by atoms with van der Waals surface area (Å²) in [5.74, 6) is -2.29. The molecule has 0 bridgehead atoms. The highest BCUT2D eigenvalue weighted by atomic mass is 35.5. The molecule has 0 heterocycles. The average Bonchev–Trinajstić information content (AvgIpc) is 2.09. The molecule has 72 valence electrons. The number of alkyl halides is 1. The third kappa shape index (κ3) is 2.16. The predicted molar refractivity (Wildman–Crippen MR) is 44.3 cm³/mol. The zero-order valence-corrected chi connectivity index (χ0v) is 7.87. The maximum Gasteiger partial charge on any atom is 0.192 e. The Morgan fingerprint density at radius 3 is 2.31 bits per heavy atom. The Hall–Kier alpha value is -0.680. The van der Waals surface area contributed by atoms with Crippen LogP contribution < -0.4 is 0 Å². The molecule has 0 aliphatic rings. The van der Waals surface area contributed by atoms with E-state index in [1.165, 1.54) is 0 Å². The van der Waals surface area contributed by atoms with Crippen LogP contribution in [0.15, 0.2) is 23.1 Å². The van der Waals surface area contributed by atoms with Crippen molar-refractivity contribution < 1.29 is 17.2 Å². The summed E-state index contributed by atoms with van der Waals surface area (Å²) >= 11 is 5.12. The standard InChI is InChI=1S/C7H5ClF2O2S/c8-4-13(11,12)5-1-2-6(9)7(10)3-5/h1-3H,4H2. The lowest BCUT2D eigenvalue weighted by molar-refractivity contribution is 0.504. The molecule has 0 radical (unpaired) electrons. The molecule has 0 atom stereocenters. The van der Waals surface area contributed by atoms with E-state index in [-0.39, 0.29) is 4.90 Å². The minimum atomic E-state index is -3.68. The summed E-state index contributed by atoms with van der Waals surface area (Å²) in [4.78, 5) is -0.318. The van der Waals surface area contributed by atoms with Crippen molar-refractivity contribution in [2.24, 2.45) is 0 Å². The second-order valence-electron chi connectivity index (χ2n) is 2.30. The molecule has 0 saturated heterocycles. The van der Waals surface area contributed by atoms with E-state index >= 15 is 0 Å². The number of rotatable bonds is 2. The molecule has 0 fully saturated rings. The average molecular weight is 227 g/mol. The van der Waals surface area contributed by atoms with E-state index in [0.717, 1.165) is 12.1 Å². The molecule has 0 saturated carbocycles. The molecule has 1 aromatic rings. The van der Waals surface area contributed by atoms with Gasteiger partial charge in [0.25, 0.3) is 0 Å². The van der Waals surface area contributed by atoms with Gasteiger partial charge in [0.05, 0.1) is 4.90 Å². The highest BCUT2D eigenvalue weighted by molar-refractivity contribution is 7.92. The second kappa shape index (κ2) is 3.59. The first-order valence-electron chi connectivity index (χ1n) is 3.21. The van der Waals surface area contributed by atoms with E-state index in [1.54, 1.807) is 0 Å². The fourth-order valence-corrected chi connectivity index (χ4v) is 1.80. The summed E-state index contributed by atoms with van der Waals surface area (Å²) in [7, 11) is -3.68. The summed E-state index contributed by atoms with van der Waals surface area (Å²) < 4.78 is 47.0. The van der Waals surface area contributed by atoms with Crippen molar-refractivity contribution in [3.63, 3.8) is 0 Å². The van der Waals surface area contributed by atoms with E-state index in [4.69, 9.17) is 11.6 Å². The number of benzene rings is 1. The van der Waals surface area contributed by atoms with Gasteiger partial charge in [0.2, 0.25) is 0 Å². The Morgan fingerprint density at radius 1 is 1.23 bits per heavy atom. The van der Waals surface area contributed by atoms with Gasteiger partial charge >= 0.3 is 0 Å². The van der Waals surface area contributed by atoms with Crippen molar-refractivity contribution >= 4 is 21.4 Å². The van der Waals surface area contributed by atoms with Crippen molar-refractivity contribution in [2.75, 3.05) is 5.21 Å². The summed E-state index contributed by atoms with van der Waals surface area (Å²) in [5.41, 5.74) is 0. The quantitative estimate of drug-likeness (QED) is 0.571. The van der Waals surface area contributed by atoms with Gasteiger partial charge in [0.1, 0.15) is 5.21 Å². The maximum atomic E-state index is 12.6. The summed E-state index contributed by atoms with van der Waals surface area (Å²) in [6.45, 7) is 0. The van der Waals surface area contributed by atoms with Crippen LogP contribution in [0.1, 0.15) is 0 Å². The van der Waals surface area contributed by atoms with Gasteiger partial charge in [-0.05, 0) is 18.2 Å². The Labute approximate surface area is 79.1 Å². The lowest BCUT2D eigenvalue weighted by Gasteiger charge is -1.99. The van der Waals surface area contributed by atoms with Gasteiger partial charge < -0.3 is 0 Å². The van der Waals surface area contributed by atoms with E-state index < -0.39 is 26.7 Å². The van der Waals surface area contributed by atoms with Crippen molar-refractivity contribution in [2.45, 2.75) is 4.90 Å². The zero-order valence-electron chi connectivity index (χ0n) is 6.30. The Balaban J connectivity index is 3.27. The Kier molecular flexibility index (Phi) is 2.87. The molecule has 13 heavy (non-hydrogen) atoms. The zero-order chi connectivity index (χ0) is 10.1. The van der Waals surface area contributed by atoms with Crippen LogP contribution in [0.3, 0.4) is 0 Å². The van der Waals surface area contributed by atoms with E-state index in [0.29, 0.717) is 6.07 Å². The summed E-state index contributed by atoms with van der Waals surface area (Å²) in [6.07, 6.45) is 0. The third-order valence-corrected chi connectivity index (χ3v) is 3.52. The lowest BCUT2D eigenvalue weighted by atomic mass is 10.3. The number of sulfone groups is 1. The SMILES string of the molecule is O=S(=O)(CCl)c1ccc(F)c(F)c1. The van der Waals surface area contributed by atoms with E-state index in [2.05, 4.69) is 0 Å². The Bertz CT molecular complexity index is 417. The van der Waals surface area contributed by atoms with Gasteiger partial charge in [-0.3, -0.25) is 0 Å². The third-order valence-electron chi connectivity index (χ3n) is 1.39. The number of hydrogen-bond donors (Lipinski definition) is 0. The smallest absolute Gasteiger partial charge is 0.192 e. The monoisotopic (exact) mass is 226 g/mol. The second-order valence-corrected chi connectivity index (χ2v) is 4.87. The van der Waals surface area contributed by atoms with Gasteiger partial charge in [0, 0.05) is 0 Å². The minimum absolute atomic E-state index is 0.318. The van der Waals surface area contributed by atoms with Gasteiger partial charge in [0.15, 0.2) is 21.5 Å². The molecule has 0 spiro atoms. The summed E-state index contributed by atoms with van der Waals surface area (Å²) in [6, 6.07) is 2.32. The molecule has 0 aromatic heterocycles. The largest absolute Gasteiger partial charge is 0.222 e. The molecule has 0 amide bonds. The van der Waals surface area contributed by atoms with Gasteiger partial charge in [-0.15, -0.1) is 11.6 Å². The summed E-state index contributed by atoms with van der Waals surface area (Å²) in [5, 5.41) is -0.655. The number of halogens is 3. The van der Waals surface area contributed by atoms with Crippen LogP contribution in [-0.4, -0.2) is 13.6 Å². The van der Waals surface area contributed by atoms with E-state index in [1.807, 2.05) is 0 Å². The Morgan fingerprint density at radius 2 is 1.85 bits per heavy atom. The van der Waals surface area contributed by atoms with Gasteiger partial charge in [-0.25, -0.2) is 17.2 Å². The van der Waals surface area contributed by atoms with Gasteiger partial charge in [-0.1, -0.05) is 0 Å². The topological polar surface area (TPSA) is 34.1 Å². The molecule has 0 N–H and O–H groups in total. The van der Waals surface area contributed by atoms with Crippen LogP contribution in [0.25, 0.3) is 0 Å². The van der Waals surface area contributed by atoms with Crippen LogP contribution in [-0.2, 0) is 9.84 Å². The lowest BCUT2D eigenvalue weighted by Crippen LogP contribution is -2.02. The molecule has 0 aliphatic heterocycles. The molecule has 2 nitrogen and oxygen atoms in total. The number of hydrogen-bond acceptors (Lipinski definition) is 2. The fourth-order valence-electron chi connectivity index (χ4n) is 0.733. The van der Waals surface area contributed by atoms with Crippen LogP contribution in [0, 0.1) is 11.6 Å².